The smallest absolute Gasteiger partial charge is 0.211 e. The minimum atomic E-state index is -2.99. The number of sulfonamides is 1. The van der Waals surface area contributed by atoms with Crippen LogP contribution < -0.4 is 4.72 Å². The van der Waals surface area contributed by atoms with Gasteiger partial charge in [0.1, 0.15) is 0 Å². The van der Waals surface area contributed by atoms with E-state index >= 15 is 0 Å². The van der Waals surface area contributed by atoms with Crippen LogP contribution in [0.1, 0.15) is 32.6 Å². The van der Waals surface area contributed by atoms with Crippen molar-refractivity contribution in [1.29, 1.82) is 0 Å². The Labute approximate surface area is 91.1 Å². The van der Waals surface area contributed by atoms with Crippen molar-refractivity contribution < 1.29 is 8.42 Å². The Morgan fingerprint density at radius 1 is 1.43 bits per heavy atom. The van der Waals surface area contributed by atoms with Gasteiger partial charge < -0.3 is 0 Å². The van der Waals surface area contributed by atoms with Gasteiger partial charge in [0.15, 0.2) is 0 Å². The van der Waals surface area contributed by atoms with E-state index in [2.05, 4.69) is 4.72 Å². The molecule has 0 spiro atoms. The summed E-state index contributed by atoms with van der Waals surface area (Å²) in [4.78, 5) is 0. The van der Waals surface area contributed by atoms with Crippen LogP contribution in [-0.4, -0.2) is 31.7 Å². The van der Waals surface area contributed by atoms with Crippen molar-refractivity contribution in [3.63, 3.8) is 0 Å². The summed E-state index contributed by atoms with van der Waals surface area (Å²) in [6, 6.07) is 0. The van der Waals surface area contributed by atoms with Crippen LogP contribution in [0.2, 0.25) is 0 Å². The topological polar surface area (TPSA) is 46.2 Å². The fourth-order valence-corrected chi connectivity index (χ4v) is 4.01. The second-order valence-corrected chi connectivity index (χ2v) is 6.99. The van der Waals surface area contributed by atoms with Gasteiger partial charge in [-0.3, -0.25) is 0 Å². The van der Waals surface area contributed by atoms with Crippen molar-refractivity contribution in [3.05, 3.63) is 0 Å². The first-order valence-electron chi connectivity index (χ1n) is 5.23. The van der Waals surface area contributed by atoms with E-state index in [0.717, 1.165) is 6.42 Å². The van der Waals surface area contributed by atoms with Crippen molar-refractivity contribution in [3.8, 4) is 0 Å². The zero-order chi connectivity index (χ0) is 10.4. The molecule has 84 valence electrons. The second kappa shape index (κ2) is 5.98. The van der Waals surface area contributed by atoms with Crippen LogP contribution in [0.3, 0.4) is 0 Å². The van der Waals surface area contributed by atoms with Gasteiger partial charge in [0.25, 0.3) is 0 Å². The maximum atomic E-state index is 11.4. The average molecular weight is 237 g/mol. The first kappa shape index (κ1) is 12.3. The van der Waals surface area contributed by atoms with Crippen LogP contribution >= 0.6 is 11.8 Å². The predicted molar refractivity (Wildman–Crippen MR) is 62.2 cm³/mol. The molecule has 0 aliphatic carbocycles. The SMILES string of the molecule is CCCS(=O)(=O)NCC1CCCCS1. The standard InChI is InChI=1S/C9H19NO2S2/c1-2-7-14(11,12)10-8-9-5-3-4-6-13-9/h9-10H,2-8H2,1H3. The molecule has 1 heterocycles. The summed E-state index contributed by atoms with van der Waals surface area (Å²) in [7, 11) is -2.99. The zero-order valence-electron chi connectivity index (χ0n) is 8.66. The molecular formula is C9H19NO2S2. The molecule has 0 bridgehead atoms. The lowest BCUT2D eigenvalue weighted by Gasteiger charge is -2.21. The molecule has 5 heteroatoms. The second-order valence-electron chi connectivity index (χ2n) is 3.66. The maximum Gasteiger partial charge on any atom is 0.211 e. The lowest BCUT2D eigenvalue weighted by molar-refractivity contribution is 0.572. The number of rotatable bonds is 5. The number of hydrogen-bond acceptors (Lipinski definition) is 3. The maximum absolute atomic E-state index is 11.4. The summed E-state index contributed by atoms with van der Waals surface area (Å²) >= 11 is 1.90. The summed E-state index contributed by atoms with van der Waals surface area (Å²) in [5, 5.41) is 0.496. The molecule has 0 amide bonds. The first-order valence-corrected chi connectivity index (χ1v) is 7.93. The Bertz CT molecular complexity index is 246. The van der Waals surface area contributed by atoms with E-state index < -0.39 is 10.0 Å². The Morgan fingerprint density at radius 2 is 2.21 bits per heavy atom. The van der Waals surface area contributed by atoms with Gasteiger partial charge in [0.05, 0.1) is 5.75 Å². The Balaban J connectivity index is 2.24. The van der Waals surface area contributed by atoms with Crippen molar-refractivity contribution in [2.45, 2.75) is 37.9 Å². The minimum absolute atomic E-state index is 0.254. The summed E-state index contributed by atoms with van der Waals surface area (Å²) in [5.41, 5.74) is 0. The van der Waals surface area contributed by atoms with Crippen LogP contribution in [0.4, 0.5) is 0 Å². The van der Waals surface area contributed by atoms with E-state index in [-0.39, 0.29) is 5.75 Å². The fraction of sp³-hybridized carbons (Fsp3) is 1.00. The Morgan fingerprint density at radius 3 is 2.79 bits per heavy atom. The molecule has 0 aromatic rings. The van der Waals surface area contributed by atoms with Crippen molar-refractivity contribution in [2.75, 3.05) is 18.1 Å². The molecule has 14 heavy (non-hydrogen) atoms. The minimum Gasteiger partial charge on any atom is -0.214 e. The highest BCUT2D eigenvalue weighted by Gasteiger charge is 2.16. The Kier molecular flexibility index (Phi) is 5.26. The highest BCUT2D eigenvalue weighted by Crippen LogP contribution is 2.24. The number of hydrogen-bond donors (Lipinski definition) is 1. The molecule has 1 fully saturated rings. The lowest BCUT2D eigenvalue weighted by Crippen LogP contribution is -2.33. The molecule has 3 nitrogen and oxygen atoms in total. The third kappa shape index (κ3) is 4.66. The van der Waals surface area contributed by atoms with E-state index in [0.29, 0.717) is 18.2 Å². The summed E-state index contributed by atoms with van der Waals surface area (Å²) in [5.74, 6) is 1.44. The van der Waals surface area contributed by atoms with Crippen molar-refractivity contribution in [2.24, 2.45) is 0 Å². The largest absolute Gasteiger partial charge is 0.214 e. The molecule has 1 N–H and O–H groups in total. The van der Waals surface area contributed by atoms with E-state index in [4.69, 9.17) is 0 Å². The van der Waals surface area contributed by atoms with E-state index in [1.165, 1.54) is 18.6 Å². The van der Waals surface area contributed by atoms with Gasteiger partial charge in [-0.25, -0.2) is 13.1 Å². The molecule has 1 rings (SSSR count). The highest BCUT2D eigenvalue weighted by atomic mass is 32.2. The molecule has 1 atom stereocenters. The fourth-order valence-electron chi connectivity index (χ4n) is 1.53. The van der Waals surface area contributed by atoms with Crippen LogP contribution in [-0.2, 0) is 10.0 Å². The molecule has 0 radical (unpaired) electrons. The van der Waals surface area contributed by atoms with E-state index in [1.54, 1.807) is 0 Å². The zero-order valence-corrected chi connectivity index (χ0v) is 10.3. The summed E-state index contributed by atoms with van der Waals surface area (Å²) < 4.78 is 25.4. The van der Waals surface area contributed by atoms with Gasteiger partial charge in [-0.2, -0.15) is 11.8 Å². The van der Waals surface area contributed by atoms with Crippen LogP contribution in [0, 0.1) is 0 Å². The number of thioether (sulfide) groups is 1. The van der Waals surface area contributed by atoms with Crippen LogP contribution in [0.5, 0.6) is 0 Å². The molecule has 0 aromatic carbocycles. The highest BCUT2D eigenvalue weighted by molar-refractivity contribution is 8.00. The van der Waals surface area contributed by atoms with Crippen molar-refractivity contribution >= 4 is 21.8 Å². The van der Waals surface area contributed by atoms with Gasteiger partial charge in [-0.15, -0.1) is 0 Å². The van der Waals surface area contributed by atoms with Gasteiger partial charge in [0, 0.05) is 11.8 Å². The van der Waals surface area contributed by atoms with Gasteiger partial charge in [-0.05, 0) is 25.0 Å². The molecule has 1 aliphatic rings. The summed E-state index contributed by atoms with van der Waals surface area (Å²) in [6.07, 6.45) is 4.36. The average Bonchev–Trinajstić information content (AvgIpc) is 2.17. The summed E-state index contributed by atoms with van der Waals surface area (Å²) in [6.45, 7) is 2.50. The van der Waals surface area contributed by atoms with E-state index in [9.17, 15) is 8.42 Å². The van der Waals surface area contributed by atoms with Gasteiger partial charge in [-0.1, -0.05) is 13.3 Å². The van der Waals surface area contributed by atoms with Crippen LogP contribution in [0.15, 0.2) is 0 Å². The molecule has 1 unspecified atom stereocenters. The first-order chi connectivity index (χ1) is 6.64. The molecule has 1 saturated heterocycles. The Hall–Kier alpha value is 0.260. The molecule has 0 saturated carbocycles. The molecular weight excluding hydrogens is 218 g/mol. The van der Waals surface area contributed by atoms with E-state index in [1.807, 2.05) is 18.7 Å². The third-order valence-corrected chi connectivity index (χ3v) is 5.23. The van der Waals surface area contributed by atoms with Gasteiger partial charge in [0.2, 0.25) is 10.0 Å². The van der Waals surface area contributed by atoms with Gasteiger partial charge >= 0.3 is 0 Å². The van der Waals surface area contributed by atoms with Crippen LogP contribution in [0.25, 0.3) is 0 Å². The monoisotopic (exact) mass is 237 g/mol. The third-order valence-electron chi connectivity index (χ3n) is 2.28. The normalized spacial score (nSPS) is 23.6. The quantitative estimate of drug-likeness (QED) is 0.790. The molecule has 0 aromatic heterocycles. The molecule has 1 aliphatic heterocycles. The predicted octanol–water partition coefficient (Wildman–Crippen LogP) is 1.60. The van der Waals surface area contributed by atoms with Crippen molar-refractivity contribution in [1.82, 2.24) is 4.72 Å². The number of nitrogens with one attached hydrogen (secondary N) is 1. The lowest BCUT2D eigenvalue weighted by atomic mass is 10.2.